The minimum Gasteiger partial charge on any atom is -0.356 e. The Balaban J connectivity index is 1.56. The van der Waals surface area contributed by atoms with Gasteiger partial charge in [0.05, 0.1) is 5.56 Å². The van der Waals surface area contributed by atoms with Crippen LogP contribution in [0.3, 0.4) is 0 Å². The molecule has 0 aliphatic carbocycles. The number of amides is 1. The molecule has 3 N–H and O–H groups in total. The second-order valence-electron chi connectivity index (χ2n) is 7.21. The first-order chi connectivity index (χ1) is 13.2. The van der Waals surface area contributed by atoms with Crippen LogP contribution in [0.15, 0.2) is 48.7 Å². The fourth-order valence-corrected chi connectivity index (χ4v) is 3.24. The zero-order valence-electron chi connectivity index (χ0n) is 15.5. The molecule has 5 nitrogen and oxygen atoms in total. The minimum absolute atomic E-state index is 0.0372. The van der Waals surface area contributed by atoms with Crippen molar-refractivity contribution < 1.29 is 18.0 Å². The smallest absolute Gasteiger partial charge is 0.356 e. The number of hydrogen-bond donors (Lipinski definition) is 2. The number of anilines is 1. The van der Waals surface area contributed by atoms with Crippen LogP contribution in [0.2, 0.25) is 0 Å². The average molecular weight is 392 g/mol. The van der Waals surface area contributed by atoms with Crippen molar-refractivity contribution in [1.29, 1.82) is 0 Å². The molecule has 1 saturated heterocycles. The lowest BCUT2D eigenvalue weighted by molar-refractivity contribution is -0.137. The number of hydrogen-bond acceptors (Lipinski definition) is 4. The molecule has 1 aromatic heterocycles. The molecule has 2 heterocycles. The predicted octanol–water partition coefficient (Wildman–Crippen LogP) is 3.06. The van der Waals surface area contributed by atoms with E-state index in [-0.39, 0.29) is 11.9 Å². The van der Waals surface area contributed by atoms with Crippen LogP contribution >= 0.6 is 0 Å². The van der Waals surface area contributed by atoms with Crippen molar-refractivity contribution in [3.63, 3.8) is 0 Å². The zero-order valence-corrected chi connectivity index (χ0v) is 15.5. The zero-order chi connectivity index (χ0) is 20.4. The van der Waals surface area contributed by atoms with E-state index in [4.69, 9.17) is 5.73 Å². The van der Waals surface area contributed by atoms with Crippen LogP contribution in [-0.2, 0) is 16.5 Å². The molecule has 1 fully saturated rings. The number of halogens is 3. The molecule has 150 valence electrons. The van der Waals surface area contributed by atoms with Crippen molar-refractivity contribution in [2.24, 2.45) is 5.73 Å². The molecule has 0 bridgehead atoms. The maximum absolute atomic E-state index is 12.6. The summed E-state index contributed by atoms with van der Waals surface area (Å²) < 4.78 is 37.9. The molecule has 0 saturated carbocycles. The lowest BCUT2D eigenvalue weighted by Crippen LogP contribution is -2.54. The third-order valence-electron chi connectivity index (χ3n) is 5.07. The van der Waals surface area contributed by atoms with Gasteiger partial charge in [-0.3, -0.25) is 4.79 Å². The molecule has 2 aromatic rings. The SMILES string of the molecule is CC(N)(C(=O)NC1CCN(c2ccc(C(F)(F)F)cn2)CC1)c1ccccc1. The van der Waals surface area contributed by atoms with E-state index in [1.807, 2.05) is 35.2 Å². The maximum atomic E-state index is 12.6. The van der Waals surface area contributed by atoms with E-state index in [0.717, 1.165) is 17.8 Å². The molecule has 1 unspecified atom stereocenters. The summed E-state index contributed by atoms with van der Waals surface area (Å²) in [7, 11) is 0. The highest BCUT2D eigenvalue weighted by molar-refractivity contribution is 5.87. The highest BCUT2D eigenvalue weighted by atomic mass is 19.4. The molecule has 1 aliphatic heterocycles. The Morgan fingerprint density at radius 3 is 2.29 bits per heavy atom. The Labute approximate surface area is 161 Å². The Morgan fingerprint density at radius 1 is 1.11 bits per heavy atom. The van der Waals surface area contributed by atoms with Gasteiger partial charge in [-0.2, -0.15) is 13.2 Å². The number of alkyl halides is 3. The van der Waals surface area contributed by atoms with Gasteiger partial charge in [0.15, 0.2) is 0 Å². The summed E-state index contributed by atoms with van der Waals surface area (Å²) in [6.07, 6.45) is -2.21. The summed E-state index contributed by atoms with van der Waals surface area (Å²) >= 11 is 0. The van der Waals surface area contributed by atoms with Crippen LogP contribution in [0.1, 0.15) is 30.9 Å². The molecule has 0 spiro atoms. The van der Waals surface area contributed by atoms with Gasteiger partial charge in [-0.1, -0.05) is 30.3 Å². The number of rotatable bonds is 4. The number of carbonyl (C=O) groups excluding carboxylic acids is 1. The van der Waals surface area contributed by atoms with E-state index in [1.54, 1.807) is 6.92 Å². The summed E-state index contributed by atoms with van der Waals surface area (Å²) in [5, 5.41) is 3.00. The number of nitrogens with one attached hydrogen (secondary N) is 1. The Kier molecular flexibility index (Phi) is 5.60. The molecule has 0 radical (unpaired) electrons. The fraction of sp³-hybridized carbons (Fsp3) is 0.400. The molecular weight excluding hydrogens is 369 g/mol. The number of nitrogens with two attached hydrogens (primary N) is 1. The van der Waals surface area contributed by atoms with E-state index >= 15 is 0 Å². The quantitative estimate of drug-likeness (QED) is 0.839. The third-order valence-corrected chi connectivity index (χ3v) is 5.07. The van der Waals surface area contributed by atoms with E-state index in [0.29, 0.717) is 31.7 Å². The standard InChI is InChI=1S/C20H23F3N4O/c1-19(24,14-5-3-2-4-6-14)18(28)26-16-9-11-27(12-10-16)17-8-7-15(13-25-17)20(21,22)23/h2-8,13,16H,9-12,24H2,1H3,(H,26,28). The summed E-state index contributed by atoms with van der Waals surface area (Å²) in [4.78, 5) is 18.5. The van der Waals surface area contributed by atoms with Crippen molar-refractivity contribution >= 4 is 11.7 Å². The number of pyridine rings is 1. The lowest BCUT2D eigenvalue weighted by Gasteiger charge is -2.35. The highest BCUT2D eigenvalue weighted by Gasteiger charge is 2.33. The third kappa shape index (κ3) is 4.44. The van der Waals surface area contributed by atoms with Gasteiger partial charge < -0.3 is 16.0 Å². The maximum Gasteiger partial charge on any atom is 0.417 e. The number of aromatic nitrogens is 1. The number of benzene rings is 1. The molecule has 8 heteroatoms. The average Bonchev–Trinajstić information content (AvgIpc) is 2.68. The number of carbonyl (C=O) groups is 1. The predicted molar refractivity (Wildman–Crippen MR) is 101 cm³/mol. The van der Waals surface area contributed by atoms with E-state index < -0.39 is 17.3 Å². The Bertz CT molecular complexity index is 798. The highest BCUT2D eigenvalue weighted by Crippen LogP contribution is 2.30. The van der Waals surface area contributed by atoms with Gasteiger partial charge in [-0.05, 0) is 37.5 Å². The van der Waals surface area contributed by atoms with Crippen LogP contribution in [0.4, 0.5) is 19.0 Å². The minimum atomic E-state index is -4.39. The summed E-state index contributed by atoms with van der Waals surface area (Å²) in [6, 6.07) is 11.6. The van der Waals surface area contributed by atoms with E-state index in [2.05, 4.69) is 10.3 Å². The fourth-order valence-electron chi connectivity index (χ4n) is 3.24. The molecule has 3 rings (SSSR count). The van der Waals surface area contributed by atoms with E-state index in [1.165, 1.54) is 6.07 Å². The van der Waals surface area contributed by atoms with Gasteiger partial charge in [-0.15, -0.1) is 0 Å². The van der Waals surface area contributed by atoms with Crippen LogP contribution in [0.5, 0.6) is 0 Å². The van der Waals surface area contributed by atoms with Crippen LogP contribution in [0, 0.1) is 0 Å². The Morgan fingerprint density at radius 2 is 1.75 bits per heavy atom. The van der Waals surface area contributed by atoms with Crippen molar-refractivity contribution in [2.75, 3.05) is 18.0 Å². The van der Waals surface area contributed by atoms with Crippen molar-refractivity contribution in [3.05, 3.63) is 59.8 Å². The van der Waals surface area contributed by atoms with Crippen LogP contribution in [0.25, 0.3) is 0 Å². The number of nitrogens with zero attached hydrogens (tertiary/aromatic N) is 2. The van der Waals surface area contributed by atoms with E-state index in [9.17, 15) is 18.0 Å². The molecule has 1 aliphatic rings. The molecule has 1 amide bonds. The number of piperidine rings is 1. The van der Waals surface area contributed by atoms with Crippen LogP contribution < -0.4 is 16.0 Å². The van der Waals surface area contributed by atoms with Gasteiger partial charge in [0.2, 0.25) is 5.91 Å². The van der Waals surface area contributed by atoms with Crippen molar-refractivity contribution in [2.45, 2.75) is 37.5 Å². The largest absolute Gasteiger partial charge is 0.417 e. The molecular formula is C20H23F3N4O. The second-order valence-corrected chi connectivity index (χ2v) is 7.21. The van der Waals surface area contributed by atoms with Crippen molar-refractivity contribution in [1.82, 2.24) is 10.3 Å². The topological polar surface area (TPSA) is 71.2 Å². The first-order valence-electron chi connectivity index (χ1n) is 9.11. The van der Waals surface area contributed by atoms with Gasteiger partial charge in [0.1, 0.15) is 11.4 Å². The summed E-state index contributed by atoms with van der Waals surface area (Å²) in [5.41, 5.74) is 5.08. The van der Waals surface area contributed by atoms with Gasteiger partial charge >= 0.3 is 6.18 Å². The van der Waals surface area contributed by atoms with Gasteiger partial charge in [0, 0.05) is 25.3 Å². The molecule has 28 heavy (non-hydrogen) atoms. The summed E-state index contributed by atoms with van der Waals surface area (Å²) in [6.45, 7) is 2.87. The first-order valence-corrected chi connectivity index (χ1v) is 9.11. The molecule has 1 aromatic carbocycles. The van der Waals surface area contributed by atoms with Gasteiger partial charge in [0.25, 0.3) is 0 Å². The van der Waals surface area contributed by atoms with Crippen LogP contribution in [-0.4, -0.2) is 30.0 Å². The molecule has 1 atom stereocenters. The van der Waals surface area contributed by atoms with Crippen molar-refractivity contribution in [3.8, 4) is 0 Å². The summed E-state index contributed by atoms with van der Waals surface area (Å²) in [5.74, 6) is 0.260. The van der Waals surface area contributed by atoms with Gasteiger partial charge in [-0.25, -0.2) is 4.98 Å². The lowest BCUT2D eigenvalue weighted by atomic mass is 9.91. The first kappa shape index (κ1) is 20.1. The monoisotopic (exact) mass is 392 g/mol. The second kappa shape index (κ2) is 7.79. The Hall–Kier alpha value is -2.61. The normalized spacial score (nSPS) is 17.8.